The van der Waals surface area contributed by atoms with Gasteiger partial charge < -0.3 is 14.2 Å². The SMILES string of the molecule is COc1cc(/C=C2/C(=N)N3C(c4ccc(F)cc4)=CSC3=NC2=O)ccc1OCCOc1ccc(C(C)(C)C)cc1. The van der Waals surface area contributed by atoms with Gasteiger partial charge in [0.05, 0.1) is 18.4 Å². The first-order valence-electron chi connectivity index (χ1n) is 13.0. The summed E-state index contributed by atoms with van der Waals surface area (Å²) in [6.07, 6.45) is 1.60. The third kappa shape index (κ3) is 6.20. The quantitative estimate of drug-likeness (QED) is 0.234. The number of fused-ring (bicyclic) bond motifs is 1. The molecule has 0 saturated heterocycles. The number of methoxy groups -OCH3 is 1. The van der Waals surface area contributed by atoms with Crippen molar-refractivity contribution in [3.63, 3.8) is 0 Å². The first-order valence-corrected chi connectivity index (χ1v) is 13.9. The third-order valence-corrected chi connectivity index (χ3v) is 7.41. The number of amides is 1. The molecule has 0 bridgehead atoms. The van der Waals surface area contributed by atoms with Crippen molar-refractivity contribution in [3.8, 4) is 17.2 Å². The largest absolute Gasteiger partial charge is 0.493 e. The van der Waals surface area contributed by atoms with Gasteiger partial charge in [-0.15, -0.1) is 0 Å². The second-order valence-electron chi connectivity index (χ2n) is 10.5. The predicted molar refractivity (Wildman–Crippen MR) is 161 cm³/mol. The highest BCUT2D eigenvalue weighted by Gasteiger charge is 2.36. The van der Waals surface area contributed by atoms with Crippen LogP contribution in [-0.4, -0.2) is 42.1 Å². The van der Waals surface area contributed by atoms with E-state index in [2.05, 4.69) is 37.9 Å². The number of benzene rings is 3. The van der Waals surface area contributed by atoms with Gasteiger partial charge in [0.2, 0.25) is 0 Å². The Morgan fingerprint density at radius 2 is 1.68 bits per heavy atom. The van der Waals surface area contributed by atoms with Crippen LogP contribution in [0.15, 0.2) is 82.7 Å². The molecule has 0 radical (unpaired) electrons. The molecule has 2 heterocycles. The third-order valence-electron chi connectivity index (χ3n) is 6.58. The van der Waals surface area contributed by atoms with Gasteiger partial charge in [0.15, 0.2) is 16.7 Å². The van der Waals surface area contributed by atoms with Gasteiger partial charge >= 0.3 is 0 Å². The lowest BCUT2D eigenvalue weighted by Gasteiger charge is -2.27. The summed E-state index contributed by atoms with van der Waals surface area (Å²) < 4.78 is 30.7. The minimum Gasteiger partial charge on any atom is -0.493 e. The van der Waals surface area contributed by atoms with Crippen LogP contribution in [0.1, 0.15) is 37.5 Å². The van der Waals surface area contributed by atoms with E-state index in [1.54, 1.807) is 46.7 Å². The van der Waals surface area contributed by atoms with Crippen LogP contribution in [0, 0.1) is 11.2 Å². The molecule has 0 aromatic heterocycles. The number of thioether (sulfide) groups is 1. The maximum absolute atomic E-state index is 13.4. The van der Waals surface area contributed by atoms with Gasteiger partial charge in [-0.1, -0.05) is 50.7 Å². The predicted octanol–water partition coefficient (Wildman–Crippen LogP) is 6.89. The van der Waals surface area contributed by atoms with E-state index in [4.69, 9.17) is 19.6 Å². The molecule has 0 saturated carbocycles. The Morgan fingerprint density at radius 3 is 2.37 bits per heavy atom. The number of halogens is 1. The number of hydrogen-bond donors (Lipinski definition) is 1. The number of nitrogens with zero attached hydrogens (tertiary/aromatic N) is 2. The summed E-state index contributed by atoms with van der Waals surface area (Å²) in [6, 6.07) is 19.3. The number of ether oxygens (including phenoxy) is 3. The van der Waals surface area contributed by atoms with E-state index in [0.29, 0.717) is 41.1 Å². The molecule has 5 rings (SSSR count). The molecule has 9 heteroatoms. The Labute approximate surface area is 242 Å². The van der Waals surface area contributed by atoms with E-state index in [1.165, 1.54) is 36.6 Å². The standard InChI is InChI=1S/C32H30FN3O4S/c1-32(2,3)22-8-12-24(13-9-22)39-15-16-40-27-14-5-20(18-28(27)38-4)17-25-29(34)36-26(19-41-31(36)35-30(25)37)21-6-10-23(33)11-7-21/h5-14,17-19,34H,15-16H2,1-4H3/b25-17-,34-29?. The minimum absolute atomic E-state index is 0.00690. The van der Waals surface area contributed by atoms with Crippen molar-refractivity contribution < 1.29 is 23.4 Å². The van der Waals surface area contributed by atoms with Gasteiger partial charge in [-0.25, -0.2) is 4.39 Å². The fraction of sp³-hybridized carbons (Fsp3) is 0.219. The molecule has 0 unspecified atom stereocenters. The highest BCUT2D eigenvalue weighted by molar-refractivity contribution is 8.17. The van der Waals surface area contributed by atoms with Gasteiger partial charge in [-0.3, -0.25) is 15.1 Å². The fourth-order valence-corrected chi connectivity index (χ4v) is 5.24. The molecule has 210 valence electrons. The minimum atomic E-state index is -0.505. The zero-order chi connectivity index (χ0) is 29.1. The average molecular weight is 572 g/mol. The number of nitrogens with one attached hydrogen (secondary N) is 1. The van der Waals surface area contributed by atoms with E-state index in [-0.39, 0.29) is 22.6 Å². The van der Waals surface area contributed by atoms with Crippen LogP contribution < -0.4 is 14.2 Å². The maximum Gasteiger partial charge on any atom is 0.283 e. The monoisotopic (exact) mass is 571 g/mol. The van der Waals surface area contributed by atoms with Crippen LogP contribution in [-0.2, 0) is 10.2 Å². The highest BCUT2D eigenvalue weighted by atomic mass is 32.2. The summed E-state index contributed by atoms with van der Waals surface area (Å²) in [7, 11) is 1.54. The van der Waals surface area contributed by atoms with E-state index in [0.717, 1.165) is 11.3 Å². The Morgan fingerprint density at radius 1 is 0.976 bits per heavy atom. The lowest BCUT2D eigenvalue weighted by atomic mass is 9.87. The molecule has 2 aliphatic heterocycles. The molecule has 3 aromatic rings. The molecule has 1 amide bonds. The Balaban J connectivity index is 1.26. The molecule has 3 aromatic carbocycles. The molecule has 0 fully saturated rings. The molecule has 0 spiro atoms. The van der Waals surface area contributed by atoms with E-state index >= 15 is 0 Å². The molecule has 1 N–H and O–H groups in total. The van der Waals surface area contributed by atoms with Gasteiger partial charge in [-0.05, 0) is 76.7 Å². The average Bonchev–Trinajstić information content (AvgIpc) is 3.37. The van der Waals surface area contributed by atoms with Crippen molar-refractivity contribution in [2.45, 2.75) is 26.2 Å². The fourth-order valence-electron chi connectivity index (χ4n) is 4.35. The van der Waals surface area contributed by atoms with Gasteiger partial charge in [0.25, 0.3) is 5.91 Å². The van der Waals surface area contributed by atoms with E-state index < -0.39 is 5.91 Å². The number of carbonyl (C=O) groups excluding carboxylic acids is 1. The van der Waals surface area contributed by atoms with Crippen molar-refractivity contribution in [2.75, 3.05) is 20.3 Å². The second kappa shape index (κ2) is 11.6. The van der Waals surface area contributed by atoms with Crippen molar-refractivity contribution >= 4 is 40.4 Å². The molecule has 2 aliphatic rings. The Bertz CT molecular complexity index is 1570. The van der Waals surface area contributed by atoms with Crippen LogP contribution in [0.25, 0.3) is 11.8 Å². The molecule has 0 aliphatic carbocycles. The molecule has 0 atom stereocenters. The Hall–Kier alpha value is -4.37. The topological polar surface area (TPSA) is 84.2 Å². The van der Waals surface area contributed by atoms with Crippen LogP contribution in [0.5, 0.6) is 17.2 Å². The lowest BCUT2D eigenvalue weighted by molar-refractivity contribution is -0.114. The summed E-state index contributed by atoms with van der Waals surface area (Å²) in [6.45, 7) is 7.17. The van der Waals surface area contributed by atoms with Gasteiger partial charge in [0.1, 0.15) is 30.6 Å². The van der Waals surface area contributed by atoms with Gasteiger partial charge in [0, 0.05) is 5.41 Å². The summed E-state index contributed by atoms with van der Waals surface area (Å²) in [5.41, 5.74) is 3.48. The van der Waals surface area contributed by atoms with Crippen molar-refractivity contribution in [2.24, 2.45) is 4.99 Å². The van der Waals surface area contributed by atoms with Gasteiger partial charge in [-0.2, -0.15) is 4.99 Å². The number of amidine groups is 2. The molecule has 41 heavy (non-hydrogen) atoms. The first kappa shape index (κ1) is 28.2. The van der Waals surface area contributed by atoms with E-state index in [1.807, 2.05) is 12.1 Å². The van der Waals surface area contributed by atoms with Crippen LogP contribution >= 0.6 is 11.8 Å². The Kier molecular flexibility index (Phi) is 7.99. The summed E-state index contributed by atoms with van der Waals surface area (Å²) in [4.78, 5) is 18.6. The molecular formula is C32H30FN3O4S. The summed E-state index contributed by atoms with van der Waals surface area (Å²) >= 11 is 1.25. The van der Waals surface area contributed by atoms with Crippen molar-refractivity contribution in [1.82, 2.24) is 4.90 Å². The zero-order valence-corrected chi connectivity index (χ0v) is 24.0. The van der Waals surface area contributed by atoms with Crippen molar-refractivity contribution in [1.29, 1.82) is 5.41 Å². The lowest BCUT2D eigenvalue weighted by Crippen LogP contribution is -2.38. The van der Waals surface area contributed by atoms with Crippen LogP contribution in [0.4, 0.5) is 4.39 Å². The normalized spacial score (nSPS) is 15.9. The van der Waals surface area contributed by atoms with Crippen molar-refractivity contribution in [3.05, 3.63) is 100 Å². The number of hydrogen-bond acceptors (Lipinski definition) is 6. The smallest absolute Gasteiger partial charge is 0.283 e. The summed E-state index contributed by atoms with van der Waals surface area (Å²) in [5, 5.41) is 11.0. The highest BCUT2D eigenvalue weighted by Crippen LogP contribution is 2.38. The molecular weight excluding hydrogens is 541 g/mol. The van der Waals surface area contributed by atoms with Crippen LogP contribution in [0.3, 0.4) is 0 Å². The van der Waals surface area contributed by atoms with E-state index in [9.17, 15) is 9.18 Å². The summed E-state index contributed by atoms with van der Waals surface area (Å²) in [5.74, 6) is 0.927. The molecule has 7 nitrogen and oxygen atoms in total. The number of carbonyl (C=O) groups is 1. The second-order valence-corrected chi connectivity index (χ2v) is 11.3. The number of rotatable bonds is 8. The number of aliphatic imine (C=N–C) groups is 1. The van der Waals surface area contributed by atoms with Crippen LogP contribution in [0.2, 0.25) is 0 Å². The zero-order valence-electron chi connectivity index (χ0n) is 23.2. The first-order chi connectivity index (χ1) is 19.6. The maximum atomic E-state index is 13.4.